The van der Waals surface area contributed by atoms with Crippen LogP contribution in [0.1, 0.15) is 63.8 Å². The molecule has 156 valence electrons. The summed E-state index contributed by atoms with van der Waals surface area (Å²) in [6.45, 7) is 5.27. The van der Waals surface area contributed by atoms with Crippen LogP contribution in [0.4, 0.5) is 0 Å². The molecule has 6 heteroatoms. The molecule has 5 nitrogen and oxygen atoms in total. The number of thioether (sulfide) groups is 1. The minimum atomic E-state index is 0.285. The van der Waals surface area contributed by atoms with Crippen molar-refractivity contribution in [3.05, 3.63) is 41.7 Å². The van der Waals surface area contributed by atoms with Crippen LogP contribution in [0.2, 0.25) is 0 Å². The van der Waals surface area contributed by atoms with Gasteiger partial charge in [-0.15, -0.1) is 10.2 Å². The summed E-state index contributed by atoms with van der Waals surface area (Å²) in [4.78, 5) is 15.4. The lowest BCUT2D eigenvalue weighted by atomic mass is 9.86. The molecule has 0 saturated heterocycles. The normalized spacial score (nSPS) is 21.9. The third kappa shape index (κ3) is 5.03. The first-order valence-corrected chi connectivity index (χ1v) is 12.0. The van der Waals surface area contributed by atoms with Crippen molar-refractivity contribution < 1.29 is 4.79 Å². The second-order valence-electron chi connectivity index (χ2n) is 8.54. The fourth-order valence-corrected chi connectivity index (χ4v) is 5.32. The third-order valence-corrected chi connectivity index (χ3v) is 7.20. The van der Waals surface area contributed by atoms with E-state index in [1.807, 2.05) is 6.07 Å². The molecule has 1 heterocycles. The number of carbonyl (C=O) groups is 1. The maximum absolute atomic E-state index is 13.1. The number of rotatable bonds is 8. The molecule has 2 aliphatic rings. The Morgan fingerprint density at radius 1 is 1.07 bits per heavy atom. The molecule has 0 aliphatic heterocycles. The molecule has 0 radical (unpaired) electrons. The predicted octanol–water partition coefficient (Wildman–Crippen LogP) is 4.55. The molecule has 0 spiro atoms. The van der Waals surface area contributed by atoms with Crippen molar-refractivity contribution in [3.63, 3.8) is 0 Å². The van der Waals surface area contributed by atoms with E-state index in [9.17, 15) is 4.79 Å². The molecule has 0 unspecified atom stereocenters. The number of amides is 1. The van der Waals surface area contributed by atoms with Crippen molar-refractivity contribution in [1.82, 2.24) is 19.7 Å². The first kappa shape index (κ1) is 20.5. The average molecular weight is 413 g/mol. The van der Waals surface area contributed by atoms with Crippen LogP contribution < -0.4 is 0 Å². The fraction of sp³-hybridized carbons (Fsp3) is 0.609. The Morgan fingerprint density at radius 3 is 2.34 bits per heavy atom. The third-order valence-electron chi connectivity index (χ3n) is 6.25. The lowest BCUT2D eigenvalue weighted by molar-refractivity contribution is -0.132. The van der Waals surface area contributed by atoms with E-state index in [1.54, 1.807) is 11.8 Å². The van der Waals surface area contributed by atoms with Crippen LogP contribution in [0.5, 0.6) is 0 Å². The summed E-state index contributed by atoms with van der Waals surface area (Å²) in [6, 6.07) is 11.3. The van der Waals surface area contributed by atoms with Gasteiger partial charge in [-0.05, 0) is 56.9 Å². The number of carbonyl (C=O) groups excluding carboxylic acids is 1. The second-order valence-corrected chi connectivity index (χ2v) is 9.48. The Bertz CT molecular complexity index is 810. The molecule has 0 bridgehead atoms. The van der Waals surface area contributed by atoms with Crippen molar-refractivity contribution in [2.45, 2.75) is 82.6 Å². The van der Waals surface area contributed by atoms with Crippen molar-refractivity contribution in [2.24, 2.45) is 5.92 Å². The predicted molar refractivity (Wildman–Crippen MR) is 117 cm³/mol. The zero-order chi connectivity index (χ0) is 20.2. The number of nitrogens with zero attached hydrogens (tertiary/aromatic N) is 4. The van der Waals surface area contributed by atoms with Crippen LogP contribution >= 0.6 is 11.8 Å². The summed E-state index contributed by atoms with van der Waals surface area (Å²) < 4.78 is 2.15. The minimum absolute atomic E-state index is 0.285. The van der Waals surface area contributed by atoms with E-state index in [0.29, 0.717) is 17.8 Å². The Labute approximate surface area is 178 Å². The molecular weight excluding hydrogens is 380 g/mol. The molecule has 2 saturated carbocycles. The van der Waals surface area contributed by atoms with Crippen molar-refractivity contribution in [3.8, 4) is 0 Å². The average Bonchev–Trinajstić information content (AvgIpc) is 3.49. The SMILES string of the molecule is CCn1c(Cc2ccccc2)nnc1SCC(=O)N(C1CCC(C)CC1)C1CC1. The topological polar surface area (TPSA) is 51.0 Å². The summed E-state index contributed by atoms with van der Waals surface area (Å²) in [6.07, 6.45) is 7.96. The fourth-order valence-electron chi connectivity index (χ4n) is 4.43. The number of benzene rings is 1. The van der Waals surface area contributed by atoms with Crippen molar-refractivity contribution >= 4 is 17.7 Å². The first-order valence-electron chi connectivity index (χ1n) is 11.1. The highest BCUT2D eigenvalue weighted by Gasteiger charge is 2.38. The van der Waals surface area contributed by atoms with Gasteiger partial charge in [-0.1, -0.05) is 49.0 Å². The number of hydrogen-bond donors (Lipinski definition) is 0. The lowest BCUT2D eigenvalue weighted by Crippen LogP contribution is -2.44. The van der Waals surface area contributed by atoms with E-state index in [2.05, 4.69) is 57.8 Å². The molecule has 1 aromatic heterocycles. The summed E-state index contributed by atoms with van der Waals surface area (Å²) in [5.41, 5.74) is 1.23. The highest BCUT2D eigenvalue weighted by Crippen LogP contribution is 2.36. The molecule has 1 amide bonds. The minimum Gasteiger partial charge on any atom is -0.336 e. The molecule has 0 N–H and O–H groups in total. The van der Waals surface area contributed by atoms with Gasteiger partial charge in [-0.3, -0.25) is 4.79 Å². The standard InChI is InChI=1S/C23H32N4OS/c1-3-26-21(15-18-7-5-4-6-8-18)24-25-23(26)29-16-22(28)27(20-13-14-20)19-11-9-17(2)10-12-19/h4-8,17,19-20H,3,9-16H2,1-2H3. The van der Waals surface area contributed by atoms with E-state index in [0.717, 1.165) is 29.9 Å². The van der Waals surface area contributed by atoms with Gasteiger partial charge >= 0.3 is 0 Å². The van der Waals surface area contributed by atoms with Crippen LogP contribution in [0, 0.1) is 5.92 Å². The van der Waals surface area contributed by atoms with Gasteiger partial charge in [0.05, 0.1) is 5.75 Å². The van der Waals surface area contributed by atoms with Gasteiger partial charge < -0.3 is 9.47 Å². The van der Waals surface area contributed by atoms with Gasteiger partial charge in [0, 0.05) is 25.0 Å². The van der Waals surface area contributed by atoms with Crippen LogP contribution in [-0.2, 0) is 17.8 Å². The molecule has 4 rings (SSSR count). The molecule has 0 atom stereocenters. The quantitative estimate of drug-likeness (QED) is 0.597. The van der Waals surface area contributed by atoms with E-state index < -0.39 is 0 Å². The zero-order valence-corrected chi connectivity index (χ0v) is 18.4. The Morgan fingerprint density at radius 2 is 1.72 bits per heavy atom. The highest BCUT2D eigenvalue weighted by atomic mass is 32.2. The van der Waals surface area contributed by atoms with Gasteiger partial charge in [0.15, 0.2) is 5.16 Å². The maximum atomic E-state index is 13.1. The Kier molecular flexibility index (Phi) is 6.58. The Hall–Kier alpha value is -1.82. The van der Waals surface area contributed by atoms with Gasteiger partial charge in [0.25, 0.3) is 0 Å². The second kappa shape index (κ2) is 9.33. The molecule has 2 aromatic rings. The van der Waals surface area contributed by atoms with Crippen LogP contribution in [0.3, 0.4) is 0 Å². The molecule has 2 fully saturated rings. The van der Waals surface area contributed by atoms with E-state index in [1.165, 1.54) is 44.1 Å². The summed E-state index contributed by atoms with van der Waals surface area (Å²) >= 11 is 1.55. The van der Waals surface area contributed by atoms with Crippen LogP contribution in [0.15, 0.2) is 35.5 Å². The first-order chi connectivity index (χ1) is 14.2. The molecule has 1 aromatic carbocycles. The molecule has 2 aliphatic carbocycles. The van der Waals surface area contributed by atoms with Gasteiger partial charge in [-0.25, -0.2) is 0 Å². The summed E-state index contributed by atoms with van der Waals surface area (Å²) in [5.74, 6) is 2.52. The van der Waals surface area contributed by atoms with E-state index in [-0.39, 0.29) is 5.91 Å². The van der Waals surface area contributed by atoms with Crippen molar-refractivity contribution in [1.29, 1.82) is 0 Å². The largest absolute Gasteiger partial charge is 0.336 e. The van der Waals surface area contributed by atoms with Gasteiger partial charge in [0.2, 0.25) is 5.91 Å². The summed E-state index contributed by atoms with van der Waals surface area (Å²) in [5, 5.41) is 9.68. The van der Waals surface area contributed by atoms with Crippen LogP contribution in [-0.4, -0.2) is 43.4 Å². The monoisotopic (exact) mass is 412 g/mol. The van der Waals surface area contributed by atoms with E-state index in [4.69, 9.17) is 0 Å². The zero-order valence-electron chi connectivity index (χ0n) is 17.6. The smallest absolute Gasteiger partial charge is 0.233 e. The van der Waals surface area contributed by atoms with Gasteiger partial charge in [-0.2, -0.15) is 0 Å². The number of hydrogen-bond acceptors (Lipinski definition) is 4. The van der Waals surface area contributed by atoms with Crippen molar-refractivity contribution in [2.75, 3.05) is 5.75 Å². The van der Waals surface area contributed by atoms with Gasteiger partial charge in [0.1, 0.15) is 5.82 Å². The molecule has 29 heavy (non-hydrogen) atoms. The molecular formula is C23H32N4OS. The lowest BCUT2D eigenvalue weighted by Gasteiger charge is -2.36. The van der Waals surface area contributed by atoms with E-state index >= 15 is 0 Å². The van der Waals surface area contributed by atoms with Crippen LogP contribution in [0.25, 0.3) is 0 Å². The maximum Gasteiger partial charge on any atom is 0.233 e. The summed E-state index contributed by atoms with van der Waals surface area (Å²) in [7, 11) is 0. The highest BCUT2D eigenvalue weighted by molar-refractivity contribution is 7.99. The number of aromatic nitrogens is 3. The Balaban J connectivity index is 1.39.